The molecule has 0 aliphatic rings. The van der Waals surface area contributed by atoms with Crippen molar-refractivity contribution in [3.05, 3.63) is 87.4 Å². The van der Waals surface area contributed by atoms with Gasteiger partial charge in [0.25, 0.3) is 11.8 Å². The molecule has 0 unspecified atom stereocenters. The zero-order chi connectivity index (χ0) is 32.1. The monoisotopic (exact) mass is 688 g/mol. The number of hydrogen-bond acceptors (Lipinski definition) is 3. The summed E-state index contributed by atoms with van der Waals surface area (Å²) in [5.74, 6) is -4.00. The minimum Gasteiger partial charge on any atom is -0.346 e. The summed E-state index contributed by atoms with van der Waals surface area (Å²) in [6.45, 7) is 0. The average Bonchev–Trinajstić information content (AvgIpc) is 3.36. The molecule has 6 nitrogen and oxygen atoms in total. The third-order valence-electron chi connectivity index (χ3n) is 5.97. The summed E-state index contributed by atoms with van der Waals surface area (Å²) in [6.07, 6.45) is -16.5. The molecule has 0 fully saturated rings. The predicted octanol–water partition coefficient (Wildman–Crippen LogP) is 8.28. The molecule has 0 atom stereocenters. The average molecular weight is 689 g/mol. The van der Waals surface area contributed by atoms with Crippen molar-refractivity contribution >= 4 is 50.2 Å². The third-order valence-corrected chi connectivity index (χ3v) is 6.59. The molecule has 0 bridgehead atoms. The fraction of sp³-hybridized carbons (Fsp3) is 0.160. The molecule has 0 saturated carbocycles. The van der Waals surface area contributed by atoms with E-state index in [1.54, 1.807) is 11.4 Å². The molecule has 0 spiro atoms. The Kier molecular flexibility index (Phi) is 7.97. The van der Waals surface area contributed by atoms with Crippen molar-refractivity contribution < 1.29 is 57.9 Å². The number of hydrogen-bond donors (Lipinski definition) is 3. The van der Waals surface area contributed by atoms with Gasteiger partial charge in [0.05, 0.1) is 28.1 Å². The van der Waals surface area contributed by atoms with E-state index < -0.39 is 80.4 Å². The molecule has 43 heavy (non-hydrogen) atoms. The molecule has 2 aromatic heterocycles. The van der Waals surface area contributed by atoms with Gasteiger partial charge in [-0.15, -0.1) is 0 Å². The number of halogens is 12. The van der Waals surface area contributed by atoms with E-state index in [9.17, 15) is 53.5 Å². The van der Waals surface area contributed by atoms with Crippen LogP contribution in [0.4, 0.5) is 59.7 Å². The number of carbonyl (C=O) groups is 2. The van der Waals surface area contributed by atoms with Gasteiger partial charge in [-0.2, -0.15) is 39.5 Å². The summed E-state index contributed by atoms with van der Waals surface area (Å²) in [5, 5.41) is 4.25. The van der Waals surface area contributed by atoms with Gasteiger partial charge in [0.2, 0.25) is 0 Å². The quantitative estimate of drug-likeness (QED) is 0.185. The van der Waals surface area contributed by atoms with E-state index >= 15 is 4.39 Å². The maximum atomic E-state index is 15.2. The Morgan fingerprint density at radius 3 is 2.09 bits per heavy atom. The molecule has 2 amide bonds. The number of H-pyrrole nitrogens is 1. The predicted molar refractivity (Wildman–Crippen MR) is 132 cm³/mol. The standard InChI is InChI=1S/C25H12BrF11N4O2/c26-15-8-12(22(28,24(32,33)34)25(35,36)37)7-14(23(29,30)31)18(15)41-21(43)13-2-1-3-16(17(13)27)40-20(42)11-6-10-4-5-38-19(10)39-9-11/h1-9H,(H,38,39)(H,40,42)(H,41,43). The van der Waals surface area contributed by atoms with Crippen molar-refractivity contribution in [3.63, 3.8) is 0 Å². The molecular weight excluding hydrogens is 677 g/mol. The van der Waals surface area contributed by atoms with Crippen molar-refractivity contribution in [2.24, 2.45) is 0 Å². The molecule has 3 N–H and O–H groups in total. The number of pyridine rings is 1. The Hall–Kier alpha value is -4.22. The highest BCUT2D eigenvalue weighted by Crippen LogP contribution is 2.55. The fourth-order valence-corrected chi connectivity index (χ4v) is 4.45. The van der Waals surface area contributed by atoms with Crippen molar-refractivity contribution in [2.45, 2.75) is 24.2 Å². The zero-order valence-corrected chi connectivity index (χ0v) is 22.1. The molecule has 4 rings (SSSR count). The van der Waals surface area contributed by atoms with Crippen LogP contribution in [0.25, 0.3) is 11.0 Å². The summed E-state index contributed by atoms with van der Waals surface area (Å²) in [6, 6.07) is 4.76. The van der Waals surface area contributed by atoms with Crippen LogP contribution in [0.15, 0.2) is 59.3 Å². The normalized spacial score (nSPS) is 12.8. The molecule has 0 radical (unpaired) electrons. The number of nitrogens with zero attached hydrogens (tertiary/aromatic N) is 1. The second-order valence-corrected chi connectivity index (χ2v) is 9.60. The van der Waals surface area contributed by atoms with Crippen LogP contribution in [0.2, 0.25) is 0 Å². The first-order valence-corrected chi connectivity index (χ1v) is 12.1. The minimum absolute atomic E-state index is 0.0400. The topological polar surface area (TPSA) is 86.9 Å². The van der Waals surface area contributed by atoms with Crippen LogP contribution < -0.4 is 10.6 Å². The molecule has 2 heterocycles. The van der Waals surface area contributed by atoms with Crippen LogP contribution in [0.5, 0.6) is 0 Å². The van der Waals surface area contributed by atoms with E-state index in [4.69, 9.17) is 0 Å². The number of alkyl halides is 10. The lowest BCUT2D eigenvalue weighted by Crippen LogP contribution is -2.50. The van der Waals surface area contributed by atoms with Crippen LogP contribution in [-0.4, -0.2) is 34.1 Å². The van der Waals surface area contributed by atoms with Crippen molar-refractivity contribution in [1.29, 1.82) is 0 Å². The lowest BCUT2D eigenvalue weighted by Gasteiger charge is -2.31. The Balaban J connectivity index is 1.69. The largest absolute Gasteiger partial charge is 0.435 e. The molecule has 0 saturated heterocycles. The van der Waals surface area contributed by atoms with Crippen LogP contribution in [0.1, 0.15) is 31.8 Å². The summed E-state index contributed by atoms with van der Waals surface area (Å²) in [7, 11) is 0. The van der Waals surface area contributed by atoms with Gasteiger partial charge in [-0.05, 0) is 52.3 Å². The van der Waals surface area contributed by atoms with Crippen LogP contribution >= 0.6 is 15.9 Å². The Morgan fingerprint density at radius 1 is 0.837 bits per heavy atom. The van der Waals surface area contributed by atoms with Gasteiger partial charge in [-0.1, -0.05) is 6.07 Å². The van der Waals surface area contributed by atoms with Crippen LogP contribution in [-0.2, 0) is 11.8 Å². The van der Waals surface area contributed by atoms with E-state index in [-0.39, 0.29) is 11.6 Å². The van der Waals surface area contributed by atoms with E-state index in [0.717, 1.165) is 24.4 Å². The van der Waals surface area contributed by atoms with Crippen LogP contribution in [0.3, 0.4) is 0 Å². The SMILES string of the molecule is O=C(Nc1cccc(C(=O)Nc2c(Br)cc(C(F)(C(F)(F)F)C(F)(F)F)cc2C(F)(F)F)c1F)c1cnc2[nH]ccc2c1. The van der Waals surface area contributed by atoms with Gasteiger partial charge in [0, 0.05) is 27.8 Å². The second-order valence-electron chi connectivity index (χ2n) is 8.75. The van der Waals surface area contributed by atoms with Gasteiger partial charge in [-0.3, -0.25) is 9.59 Å². The van der Waals surface area contributed by atoms with E-state index in [1.165, 1.54) is 12.3 Å². The first-order chi connectivity index (χ1) is 19.8. The highest BCUT2D eigenvalue weighted by atomic mass is 79.9. The van der Waals surface area contributed by atoms with E-state index in [0.29, 0.717) is 11.0 Å². The van der Waals surface area contributed by atoms with Crippen molar-refractivity contribution in [1.82, 2.24) is 9.97 Å². The summed E-state index contributed by atoms with van der Waals surface area (Å²) in [5.41, 5.74) is -13.6. The zero-order valence-electron chi connectivity index (χ0n) is 20.5. The van der Waals surface area contributed by atoms with E-state index in [2.05, 4.69) is 31.2 Å². The third kappa shape index (κ3) is 5.87. The van der Waals surface area contributed by atoms with Crippen LogP contribution in [0, 0.1) is 5.82 Å². The molecule has 18 heteroatoms. The molecule has 2 aromatic carbocycles. The second kappa shape index (κ2) is 10.8. The van der Waals surface area contributed by atoms with Gasteiger partial charge < -0.3 is 15.6 Å². The number of amides is 2. The maximum absolute atomic E-state index is 15.2. The molecule has 4 aromatic rings. The number of benzene rings is 2. The van der Waals surface area contributed by atoms with Gasteiger partial charge in [0.1, 0.15) is 5.65 Å². The summed E-state index contributed by atoms with van der Waals surface area (Å²) >= 11 is 2.35. The Morgan fingerprint density at radius 2 is 1.49 bits per heavy atom. The lowest BCUT2D eigenvalue weighted by atomic mass is 9.92. The number of fused-ring (bicyclic) bond motifs is 1. The minimum atomic E-state index is -6.73. The Labute approximate surface area is 240 Å². The first-order valence-electron chi connectivity index (χ1n) is 11.3. The number of aromatic amines is 1. The van der Waals surface area contributed by atoms with Gasteiger partial charge in [0.15, 0.2) is 5.82 Å². The van der Waals surface area contributed by atoms with Crippen molar-refractivity contribution in [2.75, 3.05) is 10.6 Å². The smallest absolute Gasteiger partial charge is 0.346 e. The number of rotatable bonds is 5. The summed E-state index contributed by atoms with van der Waals surface area (Å²) < 4.78 is 149. The number of nitrogens with one attached hydrogen (secondary N) is 3. The molecule has 228 valence electrons. The first kappa shape index (κ1) is 31.7. The molecule has 0 aliphatic heterocycles. The number of carbonyl (C=O) groups excluding carboxylic acids is 2. The fourth-order valence-electron chi connectivity index (χ4n) is 3.89. The number of anilines is 2. The van der Waals surface area contributed by atoms with E-state index in [1.807, 2.05) is 0 Å². The molecular formula is C25H12BrF11N4O2. The van der Waals surface area contributed by atoms with Gasteiger partial charge in [-0.25, -0.2) is 13.8 Å². The molecule has 0 aliphatic carbocycles. The van der Waals surface area contributed by atoms with Crippen molar-refractivity contribution in [3.8, 4) is 0 Å². The number of aromatic nitrogens is 2. The lowest BCUT2D eigenvalue weighted by molar-refractivity contribution is -0.348. The highest BCUT2D eigenvalue weighted by molar-refractivity contribution is 9.10. The Bertz CT molecular complexity index is 1720. The summed E-state index contributed by atoms with van der Waals surface area (Å²) in [4.78, 5) is 32.2. The highest BCUT2D eigenvalue weighted by Gasteiger charge is 2.73. The van der Waals surface area contributed by atoms with Gasteiger partial charge >= 0.3 is 24.2 Å². The maximum Gasteiger partial charge on any atom is 0.435 e.